The minimum atomic E-state index is -0.704. The van der Waals surface area contributed by atoms with Crippen molar-refractivity contribution in [3.8, 4) is 0 Å². The number of rotatable bonds is 7. The first-order valence-corrected chi connectivity index (χ1v) is 11.5. The van der Waals surface area contributed by atoms with Gasteiger partial charge in [0, 0.05) is 28.4 Å². The van der Waals surface area contributed by atoms with Gasteiger partial charge < -0.3 is 9.47 Å². The summed E-state index contributed by atoms with van der Waals surface area (Å²) in [6.45, 7) is 1.84. The molecule has 1 aliphatic carbocycles. The number of ether oxygens (including phenoxy) is 2. The highest BCUT2D eigenvalue weighted by Gasteiger charge is 2.33. The van der Waals surface area contributed by atoms with Gasteiger partial charge in [-0.15, -0.1) is 11.3 Å². The van der Waals surface area contributed by atoms with Crippen molar-refractivity contribution >= 4 is 46.5 Å². The van der Waals surface area contributed by atoms with E-state index < -0.39 is 23.0 Å². The van der Waals surface area contributed by atoms with Gasteiger partial charge >= 0.3 is 11.9 Å². The van der Waals surface area contributed by atoms with E-state index in [0.29, 0.717) is 35.3 Å². The Bertz CT molecular complexity index is 1110. The van der Waals surface area contributed by atoms with Crippen LogP contribution in [-0.2, 0) is 36.8 Å². The molecule has 1 amide bonds. The number of pyridine rings is 1. The van der Waals surface area contributed by atoms with Crippen molar-refractivity contribution in [3.63, 3.8) is 0 Å². The lowest BCUT2D eigenvalue weighted by Crippen LogP contribution is -2.34. The number of carbonyl (C=O) groups excluding carboxylic acids is 3. The van der Waals surface area contributed by atoms with Crippen molar-refractivity contribution in [1.82, 2.24) is 4.98 Å². The van der Waals surface area contributed by atoms with Gasteiger partial charge in [0.15, 0.2) is 0 Å². The van der Waals surface area contributed by atoms with Gasteiger partial charge in [-0.1, -0.05) is 11.6 Å². The van der Waals surface area contributed by atoms with Crippen LogP contribution < -0.4 is 4.90 Å². The maximum absolute atomic E-state index is 15.2. The standard InChI is InChI=1S/C23H24ClFN2O5S/c1-13-8-9-26-11-14(13)12-27(20-19(24)17(33-21(20)25)10-18(28)31-2)22(29)15-6-4-5-7-16(15)23(30)32-3/h8-9,11H,4-7,10,12H2,1-3H3. The topological polar surface area (TPSA) is 85.8 Å². The predicted molar refractivity (Wildman–Crippen MR) is 123 cm³/mol. The van der Waals surface area contributed by atoms with Crippen LogP contribution in [0, 0.1) is 12.1 Å². The molecule has 7 nitrogen and oxygen atoms in total. The van der Waals surface area contributed by atoms with Crippen LogP contribution in [0.1, 0.15) is 41.7 Å². The SMILES string of the molecule is COC(=O)Cc1sc(F)c(N(Cc2cnccc2C)C(=O)C2=C(C(=O)OC)CCCC2)c1Cl. The number of hydrogen-bond donors (Lipinski definition) is 0. The van der Waals surface area contributed by atoms with Crippen LogP contribution in [-0.4, -0.2) is 37.0 Å². The smallest absolute Gasteiger partial charge is 0.334 e. The number of esters is 2. The lowest BCUT2D eigenvalue weighted by molar-refractivity contribution is -0.139. The van der Waals surface area contributed by atoms with E-state index in [4.69, 9.17) is 16.3 Å². The fraction of sp³-hybridized carbons (Fsp3) is 0.391. The molecular weight excluding hydrogens is 471 g/mol. The molecule has 2 heterocycles. The minimum Gasteiger partial charge on any atom is -0.469 e. The Morgan fingerprint density at radius 3 is 2.52 bits per heavy atom. The van der Waals surface area contributed by atoms with Crippen LogP contribution in [0.3, 0.4) is 0 Å². The Balaban J connectivity index is 2.12. The summed E-state index contributed by atoms with van der Waals surface area (Å²) in [5.74, 6) is -1.67. The second kappa shape index (κ2) is 10.9. The van der Waals surface area contributed by atoms with Gasteiger partial charge in [0.2, 0.25) is 5.13 Å². The van der Waals surface area contributed by atoms with Crippen molar-refractivity contribution in [3.05, 3.63) is 55.8 Å². The van der Waals surface area contributed by atoms with E-state index in [-0.39, 0.29) is 34.1 Å². The fourth-order valence-corrected chi connectivity index (χ4v) is 5.02. The molecule has 0 spiro atoms. The van der Waals surface area contributed by atoms with Gasteiger partial charge in [-0.25, -0.2) is 4.79 Å². The number of halogens is 2. The number of methoxy groups -OCH3 is 2. The largest absolute Gasteiger partial charge is 0.469 e. The Morgan fingerprint density at radius 1 is 1.18 bits per heavy atom. The number of nitrogens with zero attached hydrogens (tertiary/aromatic N) is 2. The maximum Gasteiger partial charge on any atom is 0.334 e. The molecule has 2 aromatic rings. The third kappa shape index (κ3) is 5.42. The Labute approximate surface area is 200 Å². The van der Waals surface area contributed by atoms with Crippen LogP contribution in [0.15, 0.2) is 29.6 Å². The highest BCUT2D eigenvalue weighted by molar-refractivity contribution is 7.11. The molecule has 10 heteroatoms. The van der Waals surface area contributed by atoms with Gasteiger partial charge in [-0.05, 0) is 49.8 Å². The van der Waals surface area contributed by atoms with Crippen LogP contribution in [0.5, 0.6) is 0 Å². The first-order chi connectivity index (χ1) is 15.8. The molecule has 0 unspecified atom stereocenters. The Morgan fingerprint density at radius 2 is 1.88 bits per heavy atom. The normalized spacial score (nSPS) is 13.6. The Hall–Kier alpha value is -2.78. The molecule has 0 aliphatic heterocycles. The molecule has 0 fully saturated rings. The van der Waals surface area contributed by atoms with E-state index in [1.807, 2.05) is 6.92 Å². The summed E-state index contributed by atoms with van der Waals surface area (Å²) in [6.07, 6.45) is 5.23. The van der Waals surface area contributed by atoms with Crippen molar-refractivity contribution in [1.29, 1.82) is 0 Å². The zero-order valence-corrected chi connectivity index (χ0v) is 20.1. The van der Waals surface area contributed by atoms with Gasteiger partial charge in [-0.2, -0.15) is 4.39 Å². The average molecular weight is 495 g/mol. The lowest BCUT2D eigenvalue weighted by Gasteiger charge is -2.27. The van der Waals surface area contributed by atoms with Crippen molar-refractivity contribution in [2.45, 2.75) is 45.6 Å². The molecule has 33 heavy (non-hydrogen) atoms. The van der Waals surface area contributed by atoms with Gasteiger partial charge in [0.1, 0.15) is 5.69 Å². The zero-order valence-electron chi connectivity index (χ0n) is 18.6. The predicted octanol–water partition coefficient (Wildman–Crippen LogP) is 4.54. The number of carbonyl (C=O) groups is 3. The first kappa shape index (κ1) is 24.9. The van der Waals surface area contributed by atoms with Gasteiger partial charge in [0.25, 0.3) is 5.91 Å². The number of thiophene rings is 1. The summed E-state index contributed by atoms with van der Waals surface area (Å²) in [7, 11) is 2.49. The fourth-order valence-electron chi connectivity index (χ4n) is 3.70. The summed E-state index contributed by atoms with van der Waals surface area (Å²) in [4.78, 5) is 43.4. The summed E-state index contributed by atoms with van der Waals surface area (Å²) < 4.78 is 24.7. The van der Waals surface area contributed by atoms with Crippen LogP contribution in [0.25, 0.3) is 0 Å². The van der Waals surface area contributed by atoms with E-state index in [2.05, 4.69) is 9.72 Å². The molecule has 176 valence electrons. The third-order valence-corrected chi connectivity index (χ3v) is 7.02. The van der Waals surface area contributed by atoms with E-state index in [1.165, 1.54) is 19.1 Å². The maximum atomic E-state index is 15.2. The molecule has 3 rings (SSSR count). The number of hydrogen-bond acceptors (Lipinski definition) is 7. The highest BCUT2D eigenvalue weighted by atomic mass is 35.5. The van der Waals surface area contributed by atoms with Crippen LogP contribution >= 0.6 is 22.9 Å². The molecule has 0 atom stereocenters. The summed E-state index contributed by atoms with van der Waals surface area (Å²) >= 11 is 7.17. The van der Waals surface area contributed by atoms with Gasteiger partial charge in [0.05, 0.1) is 32.2 Å². The number of aryl methyl sites for hydroxylation is 1. The number of amides is 1. The average Bonchev–Trinajstić information content (AvgIpc) is 3.09. The van der Waals surface area contributed by atoms with E-state index >= 15 is 4.39 Å². The molecule has 1 aliphatic rings. The molecular formula is C23H24ClFN2O5S. The molecule has 0 radical (unpaired) electrons. The van der Waals surface area contributed by atoms with Crippen molar-refractivity contribution in [2.24, 2.45) is 0 Å². The van der Waals surface area contributed by atoms with E-state index in [9.17, 15) is 14.4 Å². The van der Waals surface area contributed by atoms with E-state index in [1.54, 1.807) is 18.5 Å². The summed E-state index contributed by atoms with van der Waals surface area (Å²) in [5.41, 5.74) is 2.00. The molecule has 0 N–H and O–H groups in total. The molecule has 0 saturated carbocycles. The van der Waals surface area contributed by atoms with Crippen LogP contribution in [0.4, 0.5) is 10.1 Å². The molecule has 2 aromatic heterocycles. The zero-order chi connectivity index (χ0) is 24.1. The number of aromatic nitrogens is 1. The van der Waals surface area contributed by atoms with E-state index in [0.717, 1.165) is 18.4 Å². The lowest BCUT2D eigenvalue weighted by atomic mass is 9.90. The molecule has 0 bridgehead atoms. The third-order valence-electron chi connectivity index (χ3n) is 5.53. The molecule has 0 aromatic carbocycles. The van der Waals surface area contributed by atoms with Crippen molar-refractivity contribution < 1.29 is 28.2 Å². The quantitative estimate of drug-likeness (QED) is 0.525. The first-order valence-electron chi connectivity index (χ1n) is 10.3. The monoisotopic (exact) mass is 494 g/mol. The minimum absolute atomic E-state index is 0.0124. The molecule has 0 saturated heterocycles. The van der Waals surface area contributed by atoms with Crippen molar-refractivity contribution in [2.75, 3.05) is 19.1 Å². The summed E-state index contributed by atoms with van der Waals surface area (Å²) in [5, 5.41) is -0.737. The van der Waals surface area contributed by atoms with Gasteiger partial charge in [-0.3, -0.25) is 19.5 Å². The number of anilines is 1. The Kier molecular flexibility index (Phi) is 8.20. The highest BCUT2D eigenvalue weighted by Crippen LogP contribution is 2.41. The summed E-state index contributed by atoms with van der Waals surface area (Å²) in [6, 6.07) is 1.78. The van der Waals surface area contributed by atoms with Crippen LogP contribution in [0.2, 0.25) is 5.02 Å². The second-order valence-electron chi connectivity index (χ2n) is 7.56. The second-order valence-corrected chi connectivity index (χ2v) is 9.00.